The van der Waals surface area contributed by atoms with Gasteiger partial charge in [0.05, 0.1) is 5.71 Å². The maximum absolute atomic E-state index is 11.6. The lowest BCUT2D eigenvalue weighted by atomic mass is 10.2. The second-order valence-corrected chi connectivity index (χ2v) is 3.38. The Morgan fingerprint density at radius 3 is 2.39 bits per heavy atom. The first-order valence-corrected chi connectivity index (χ1v) is 5.04. The van der Waals surface area contributed by atoms with Gasteiger partial charge in [0.25, 0.3) is 5.91 Å². The summed E-state index contributed by atoms with van der Waals surface area (Å²) in [5.41, 5.74) is 2.54. The van der Waals surface area contributed by atoms with Gasteiger partial charge in [-0.25, -0.2) is 5.43 Å². The molecule has 1 amide bonds. The Kier molecular flexibility index (Phi) is 4.67. The average Bonchev–Trinajstić information content (AvgIpc) is 2.37. The summed E-state index contributed by atoms with van der Waals surface area (Å²) in [5, 5.41) is 15.1. The molecular weight excluding hydrogens is 236 g/mol. The molecule has 0 saturated heterocycles. The molecule has 1 heterocycles. The number of aromatic nitrogens is 1. The number of pyridine rings is 1. The lowest BCUT2D eigenvalue weighted by Gasteiger charge is -2.02. The van der Waals surface area contributed by atoms with E-state index in [-0.39, 0.29) is 11.4 Å². The average molecular weight is 248 g/mol. The highest BCUT2D eigenvalue weighted by molar-refractivity contribution is 6.66. The SMILES string of the molecule is CC(=O)C(=N\O)/C(C)=N\NC(=O)c1ccncc1. The highest BCUT2D eigenvalue weighted by atomic mass is 16.4. The minimum Gasteiger partial charge on any atom is -0.410 e. The zero-order chi connectivity index (χ0) is 13.5. The summed E-state index contributed by atoms with van der Waals surface area (Å²) in [6.07, 6.45) is 2.95. The van der Waals surface area contributed by atoms with Gasteiger partial charge in [-0.1, -0.05) is 5.16 Å². The van der Waals surface area contributed by atoms with E-state index in [1.807, 2.05) is 0 Å². The number of nitrogens with zero attached hydrogens (tertiary/aromatic N) is 3. The zero-order valence-electron chi connectivity index (χ0n) is 9.91. The number of oxime groups is 1. The van der Waals surface area contributed by atoms with Crippen molar-refractivity contribution in [2.75, 3.05) is 0 Å². The number of hydrazone groups is 1. The van der Waals surface area contributed by atoms with Gasteiger partial charge in [0.2, 0.25) is 0 Å². The Hall–Kier alpha value is -2.57. The van der Waals surface area contributed by atoms with E-state index in [4.69, 9.17) is 5.21 Å². The van der Waals surface area contributed by atoms with E-state index in [1.165, 1.54) is 38.4 Å². The molecule has 0 spiro atoms. The van der Waals surface area contributed by atoms with E-state index in [9.17, 15) is 9.59 Å². The number of amides is 1. The van der Waals surface area contributed by atoms with Crippen molar-refractivity contribution in [3.05, 3.63) is 30.1 Å². The zero-order valence-corrected chi connectivity index (χ0v) is 9.91. The van der Waals surface area contributed by atoms with Crippen molar-refractivity contribution in [2.24, 2.45) is 10.3 Å². The second kappa shape index (κ2) is 6.24. The highest BCUT2D eigenvalue weighted by Crippen LogP contribution is 1.95. The van der Waals surface area contributed by atoms with Crippen LogP contribution in [0.2, 0.25) is 0 Å². The Labute approximate surface area is 103 Å². The van der Waals surface area contributed by atoms with Crippen LogP contribution in [0.3, 0.4) is 0 Å². The molecule has 0 radical (unpaired) electrons. The van der Waals surface area contributed by atoms with Gasteiger partial charge in [0.1, 0.15) is 0 Å². The minimum absolute atomic E-state index is 0.118. The topological polar surface area (TPSA) is 104 Å². The summed E-state index contributed by atoms with van der Waals surface area (Å²) in [4.78, 5) is 26.4. The summed E-state index contributed by atoms with van der Waals surface area (Å²) in [6.45, 7) is 2.68. The van der Waals surface area contributed by atoms with Crippen molar-refractivity contribution in [1.29, 1.82) is 0 Å². The van der Waals surface area contributed by atoms with Gasteiger partial charge in [-0.2, -0.15) is 5.10 Å². The van der Waals surface area contributed by atoms with E-state index >= 15 is 0 Å². The third-order valence-corrected chi connectivity index (χ3v) is 2.04. The Morgan fingerprint density at radius 1 is 1.28 bits per heavy atom. The summed E-state index contributed by atoms with van der Waals surface area (Å²) < 4.78 is 0. The number of hydrogen-bond donors (Lipinski definition) is 2. The van der Waals surface area contributed by atoms with Crippen molar-refractivity contribution >= 4 is 23.1 Å². The van der Waals surface area contributed by atoms with Crippen LogP contribution in [0, 0.1) is 0 Å². The maximum atomic E-state index is 11.6. The molecule has 1 rings (SSSR count). The molecular formula is C11H12N4O3. The summed E-state index contributed by atoms with van der Waals surface area (Å²) in [6, 6.07) is 3.04. The molecule has 18 heavy (non-hydrogen) atoms. The molecule has 0 aromatic carbocycles. The molecule has 0 fully saturated rings. The number of carbonyl (C=O) groups is 2. The summed E-state index contributed by atoms with van der Waals surface area (Å²) in [7, 11) is 0. The largest absolute Gasteiger partial charge is 0.410 e. The Morgan fingerprint density at radius 2 is 1.89 bits per heavy atom. The molecule has 0 aliphatic heterocycles. The normalized spacial score (nSPS) is 12.1. The molecule has 0 aliphatic rings. The fourth-order valence-electron chi connectivity index (χ4n) is 1.15. The van der Waals surface area contributed by atoms with Gasteiger partial charge in [0.15, 0.2) is 11.5 Å². The fourth-order valence-corrected chi connectivity index (χ4v) is 1.15. The van der Waals surface area contributed by atoms with Crippen molar-refractivity contribution < 1.29 is 14.8 Å². The molecule has 0 unspecified atom stereocenters. The van der Waals surface area contributed by atoms with Crippen LogP contribution in [0.5, 0.6) is 0 Å². The quantitative estimate of drug-likeness (QED) is 0.462. The first-order valence-electron chi connectivity index (χ1n) is 5.04. The monoisotopic (exact) mass is 248 g/mol. The Balaban J connectivity index is 2.76. The van der Waals surface area contributed by atoms with E-state index in [0.29, 0.717) is 5.56 Å². The van der Waals surface area contributed by atoms with Crippen molar-refractivity contribution in [1.82, 2.24) is 10.4 Å². The van der Waals surface area contributed by atoms with Crippen LogP contribution >= 0.6 is 0 Å². The van der Waals surface area contributed by atoms with Crippen LogP contribution in [-0.2, 0) is 4.79 Å². The summed E-state index contributed by atoms with van der Waals surface area (Å²) >= 11 is 0. The molecule has 7 heteroatoms. The van der Waals surface area contributed by atoms with Gasteiger partial charge in [-0.15, -0.1) is 0 Å². The van der Waals surface area contributed by atoms with Crippen molar-refractivity contribution in [3.8, 4) is 0 Å². The molecule has 2 N–H and O–H groups in total. The van der Waals surface area contributed by atoms with Crippen LogP contribution in [0.15, 0.2) is 34.8 Å². The molecule has 0 atom stereocenters. The highest BCUT2D eigenvalue weighted by Gasteiger charge is 2.11. The van der Waals surface area contributed by atoms with Gasteiger partial charge >= 0.3 is 0 Å². The first-order chi connectivity index (χ1) is 8.56. The first kappa shape index (κ1) is 13.5. The van der Waals surface area contributed by atoms with Gasteiger partial charge in [-0.3, -0.25) is 14.6 Å². The number of ketones is 1. The van der Waals surface area contributed by atoms with E-state index in [0.717, 1.165) is 0 Å². The van der Waals surface area contributed by atoms with Gasteiger partial charge in [0, 0.05) is 24.9 Å². The van der Waals surface area contributed by atoms with E-state index in [2.05, 4.69) is 20.7 Å². The third-order valence-electron chi connectivity index (χ3n) is 2.04. The van der Waals surface area contributed by atoms with Gasteiger partial charge in [-0.05, 0) is 19.1 Å². The third kappa shape index (κ3) is 3.48. The molecule has 0 bridgehead atoms. The van der Waals surface area contributed by atoms with Crippen LogP contribution in [0.4, 0.5) is 0 Å². The second-order valence-electron chi connectivity index (χ2n) is 3.38. The van der Waals surface area contributed by atoms with Crippen LogP contribution < -0.4 is 5.43 Å². The lowest BCUT2D eigenvalue weighted by Crippen LogP contribution is -2.25. The van der Waals surface area contributed by atoms with Crippen LogP contribution in [0.1, 0.15) is 24.2 Å². The predicted octanol–water partition coefficient (Wildman–Crippen LogP) is 0.606. The molecule has 94 valence electrons. The summed E-state index contributed by atoms with van der Waals surface area (Å²) in [5.74, 6) is -0.894. The molecule has 7 nitrogen and oxygen atoms in total. The molecule has 1 aromatic rings. The smallest absolute Gasteiger partial charge is 0.271 e. The minimum atomic E-state index is -0.447. The van der Waals surface area contributed by atoms with Crippen LogP contribution in [-0.4, -0.2) is 33.3 Å². The number of carbonyl (C=O) groups excluding carboxylic acids is 2. The van der Waals surface area contributed by atoms with E-state index in [1.54, 1.807) is 0 Å². The standard InChI is InChI=1S/C11H12N4O3/c1-7(10(15-18)8(2)16)13-14-11(17)9-3-5-12-6-4-9/h3-6,18H,1-2H3,(H,14,17)/b13-7-,15-10-. The van der Waals surface area contributed by atoms with Crippen molar-refractivity contribution in [3.63, 3.8) is 0 Å². The van der Waals surface area contributed by atoms with Crippen LogP contribution in [0.25, 0.3) is 0 Å². The number of Topliss-reactive ketones (excluding diaryl/α,β-unsaturated/α-hetero) is 1. The Bertz CT molecular complexity index is 508. The molecule has 0 saturated carbocycles. The lowest BCUT2D eigenvalue weighted by molar-refractivity contribution is -0.111. The fraction of sp³-hybridized carbons (Fsp3) is 0.182. The predicted molar refractivity (Wildman–Crippen MR) is 64.7 cm³/mol. The number of rotatable bonds is 4. The molecule has 1 aromatic heterocycles. The van der Waals surface area contributed by atoms with Crippen molar-refractivity contribution in [2.45, 2.75) is 13.8 Å². The maximum Gasteiger partial charge on any atom is 0.271 e. The number of hydrogen-bond acceptors (Lipinski definition) is 6. The van der Waals surface area contributed by atoms with E-state index < -0.39 is 11.7 Å². The van der Waals surface area contributed by atoms with Gasteiger partial charge < -0.3 is 5.21 Å². The molecule has 0 aliphatic carbocycles. The number of nitrogens with one attached hydrogen (secondary N) is 1.